The predicted molar refractivity (Wildman–Crippen MR) is 64.0 cm³/mol. The zero-order chi connectivity index (χ0) is 14.2. The summed E-state index contributed by atoms with van der Waals surface area (Å²) in [7, 11) is 0. The Balaban J connectivity index is 2.69. The number of aromatic nitrogens is 2. The molecule has 2 rings (SSSR count). The molecule has 19 heavy (non-hydrogen) atoms. The number of hydrogen-bond acceptors (Lipinski definition) is 2. The van der Waals surface area contributed by atoms with Gasteiger partial charge in [0.15, 0.2) is 12.0 Å². The van der Waals surface area contributed by atoms with Crippen molar-refractivity contribution in [3.63, 3.8) is 0 Å². The molecule has 0 N–H and O–H groups in total. The highest BCUT2D eigenvalue weighted by atomic mass is 35.5. The minimum absolute atomic E-state index is 0.00134. The molecule has 0 atom stereocenters. The summed E-state index contributed by atoms with van der Waals surface area (Å²) in [5.74, 6) is 0. The number of rotatable bonds is 2. The van der Waals surface area contributed by atoms with Gasteiger partial charge >= 0.3 is 6.18 Å². The third kappa shape index (κ3) is 2.59. The summed E-state index contributed by atoms with van der Waals surface area (Å²) in [4.78, 5) is 10.7. The third-order valence-electron chi connectivity index (χ3n) is 2.33. The summed E-state index contributed by atoms with van der Waals surface area (Å²) in [6, 6.07) is 3.97. The first-order valence-corrected chi connectivity index (χ1v) is 5.66. The van der Waals surface area contributed by atoms with Crippen LogP contribution in [0.5, 0.6) is 0 Å². The molecule has 1 aromatic carbocycles. The number of benzene rings is 1. The molecule has 0 fully saturated rings. The number of hydrogen-bond donors (Lipinski definition) is 0. The maximum Gasteiger partial charge on any atom is 0.434 e. The lowest BCUT2D eigenvalue weighted by Crippen LogP contribution is -2.15. The van der Waals surface area contributed by atoms with Gasteiger partial charge in [-0.15, -0.1) is 0 Å². The monoisotopic (exact) mass is 308 g/mol. The molecule has 0 bridgehead atoms. The van der Waals surface area contributed by atoms with E-state index in [-0.39, 0.29) is 22.0 Å². The Bertz CT molecular complexity index is 637. The number of carbonyl (C=O) groups excluding carboxylic acids is 1. The second-order valence-corrected chi connectivity index (χ2v) is 4.42. The van der Waals surface area contributed by atoms with Crippen molar-refractivity contribution in [2.45, 2.75) is 6.18 Å². The fourth-order valence-electron chi connectivity index (χ4n) is 1.57. The third-order valence-corrected chi connectivity index (χ3v) is 2.87. The predicted octanol–water partition coefficient (Wildman–Crippen LogP) is 4.01. The molecule has 0 saturated heterocycles. The molecule has 0 saturated carbocycles. The fraction of sp³-hybridized carbons (Fsp3) is 0.0909. The van der Waals surface area contributed by atoms with Gasteiger partial charge in [0.25, 0.3) is 0 Å². The number of nitrogens with zero attached hydrogens (tertiary/aromatic N) is 2. The van der Waals surface area contributed by atoms with E-state index >= 15 is 0 Å². The maximum atomic E-state index is 12.9. The average Bonchev–Trinajstić information content (AvgIpc) is 2.72. The van der Waals surface area contributed by atoms with E-state index in [1.54, 1.807) is 0 Å². The first-order chi connectivity index (χ1) is 8.84. The van der Waals surface area contributed by atoms with E-state index in [2.05, 4.69) is 5.10 Å². The van der Waals surface area contributed by atoms with E-state index in [0.717, 1.165) is 6.20 Å². The minimum Gasteiger partial charge on any atom is -0.298 e. The van der Waals surface area contributed by atoms with E-state index in [1.165, 1.54) is 18.2 Å². The van der Waals surface area contributed by atoms with Crippen molar-refractivity contribution < 1.29 is 18.0 Å². The highest BCUT2D eigenvalue weighted by Gasteiger charge is 2.38. The van der Waals surface area contributed by atoms with Gasteiger partial charge in [-0.25, -0.2) is 4.68 Å². The van der Waals surface area contributed by atoms with Crippen LogP contribution in [0.15, 0.2) is 24.4 Å². The summed E-state index contributed by atoms with van der Waals surface area (Å²) in [5, 5.41) is 3.83. The molecule has 1 heterocycles. The van der Waals surface area contributed by atoms with E-state index in [4.69, 9.17) is 23.2 Å². The minimum atomic E-state index is -4.73. The van der Waals surface area contributed by atoms with Crippen LogP contribution in [0.2, 0.25) is 10.0 Å². The summed E-state index contributed by atoms with van der Waals surface area (Å²) in [6.45, 7) is 0. The Labute approximate surface area is 115 Å². The summed E-state index contributed by atoms with van der Waals surface area (Å²) >= 11 is 11.5. The number of alkyl halides is 3. The van der Waals surface area contributed by atoms with Gasteiger partial charge in [0.2, 0.25) is 0 Å². The summed E-state index contributed by atoms with van der Waals surface area (Å²) < 4.78 is 39.4. The second-order valence-electron chi connectivity index (χ2n) is 3.57. The number of aldehydes is 1. The molecule has 0 unspecified atom stereocenters. The Morgan fingerprint density at radius 2 is 1.95 bits per heavy atom. The largest absolute Gasteiger partial charge is 0.434 e. The van der Waals surface area contributed by atoms with Gasteiger partial charge in [-0.2, -0.15) is 18.3 Å². The van der Waals surface area contributed by atoms with Crippen LogP contribution in [0.25, 0.3) is 5.69 Å². The first-order valence-electron chi connectivity index (χ1n) is 4.90. The number of carbonyl (C=O) groups is 1. The van der Waals surface area contributed by atoms with Crippen LogP contribution in [0.1, 0.15) is 16.1 Å². The van der Waals surface area contributed by atoms with Gasteiger partial charge in [0.05, 0.1) is 22.5 Å². The summed E-state index contributed by atoms with van der Waals surface area (Å²) in [6.07, 6.45) is -3.80. The molecule has 0 amide bonds. The molecule has 1 aromatic heterocycles. The van der Waals surface area contributed by atoms with Gasteiger partial charge in [0, 0.05) is 5.02 Å². The lowest BCUT2D eigenvalue weighted by molar-refractivity contribution is -0.143. The molecule has 0 aliphatic rings. The van der Waals surface area contributed by atoms with Gasteiger partial charge in [-0.05, 0) is 18.2 Å². The van der Waals surface area contributed by atoms with Crippen molar-refractivity contribution in [2.24, 2.45) is 0 Å². The van der Waals surface area contributed by atoms with Crippen molar-refractivity contribution in [1.29, 1.82) is 0 Å². The first kappa shape index (κ1) is 13.9. The zero-order valence-electron chi connectivity index (χ0n) is 9.08. The van der Waals surface area contributed by atoms with E-state index in [0.29, 0.717) is 4.68 Å². The van der Waals surface area contributed by atoms with Crippen molar-refractivity contribution in [3.8, 4) is 5.69 Å². The standard InChI is InChI=1S/C11H5Cl2F3N2O/c12-7-1-2-9(8(13)3-7)18-10(11(14,15)16)6(5-19)4-17-18/h1-5H. The smallest absolute Gasteiger partial charge is 0.298 e. The molecule has 0 aliphatic heterocycles. The topological polar surface area (TPSA) is 34.9 Å². The van der Waals surface area contributed by atoms with Gasteiger partial charge in [-0.3, -0.25) is 4.79 Å². The van der Waals surface area contributed by atoms with Crippen molar-refractivity contribution in [1.82, 2.24) is 9.78 Å². The Morgan fingerprint density at radius 3 is 2.47 bits per heavy atom. The van der Waals surface area contributed by atoms with Crippen molar-refractivity contribution >= 4 is 29.5 Å². The highest BCUT2D eigenvalue weighted by molar-refractivity contribution is 6.35. The van der Waals surface area contributed by atoms with Crippen LogP contribution in [-0.4, -0.2) is 16.1 Å². The molecule has 0 radical (unpaired) electrons. The normalized spacial score (nSPS) is 11.6. The fourth-order valence-corrected chi connectivity index (χ4v) is 2.06. The highest BCUT2D eigenvalue weighted by Crippen LogP contribution is 2.35. The van der Waals surface area contributed by atoms with E-state index in [9.17, 15) is 18.0 Å². The van der Waals surface area contributed by atoms with E-state index in [1.807, 2.05) is 0 Å². The lowest BCUT2D eigenvalue weighted by atomic mass is 10.2. The molecule has 8 heteroatoms. The van der Waals surface area contributed by atoms with Crippen molar-refractivity contribution in [2.75, 3.05) is 0 Å². The van der Waals surface area contributed by atoms with Crippen LogP contribution < -0.4 is 0 Å². The molecule has 100 valence electrons. The van der Waals surface area contributed by atoms with Crippen molar-refractivity contribution in [3.05, 3.63) is 45.7 Å². The Hall–Kier alpha value is -1.53. The quantitative estimate of drug-likeness (QED) is 0.786. The SMILES string of the molecule is O=Cc1cnn(-c2ccc(Cl)cc2Cl)c1C(F)(F)F. The molecular formula is C11H5Cl2F3N2O. The van der Waals surface area contributed by atoms with Crippen LogP contribution in [0.3, 0.4) is 0 Å². The maximum absolute atomic E-state index is 12.9. The van der Waals surface area contributed by atoms with Crippen LogP contribution in [0, 0.1) is 0 Å². The lowest BCUT2D eigenvalue weighted by Gasteiger charge is -2.12. The van der Waals surface area contributed by atoms with E-state index < -0.39 is 17.4 Å². The molecule has 2 aromatic rings. The molecule has 0 spiro atoms. The van der Waals surface area contributed by atoms with Crippen LogP contribution in [-0.2, 0) is 6.18 Å². The average molecular weight is 309 g/mol. The Morgan fingerprint density at radius 1 is 1.26 bits per heavy atom. The van der Waals surface area contributed by atoms with Crippen LogP contribution >= 0.6 is 23.2 Å². The van der Waals surface area contributed by atoms with Gasteiger partial charge in [-0.1, -0.05) is 23.2 Å². The zero-order valence-corrected chi connectivity index (χ0v) is 10.6. The van der Waals surface area contributed by atoms with Crippen LogP contribution in [0.4, 0.5) is 13.2 Å². The number of halogens is 5. The molecular weight excluding hydrogens is 304 g/mol. The molecule has 0 aliphatic carbocycles. The Kier molecular flexibility index (Phi) is 3.56. The molecule has 3 nitrogen and oxygen atoms in total. The van der Waals surface area contributed by atoms with Gasteiger partial charge in [0.1, 0.15) is 0 Å². The second kappa shape index (κ2) is 4.86. The van der Waals surface area contributed by atoms with Gasteiger partial charge < -0.3 is 0 Å². The summed E-state index contributed by atoms with van der Waals surface area (Å²) in [5.41, 5.74) is -1.74.